The Morgan fingerprint density at radius 3 is 2.50 bits per heavy atom. The second kappa shape index (κ2) is 3.81. The second-order valence-electron chi connectivity index (χ2n) is 3.74. The van der Waals surface area contributed by atoms with Gasteiger partial charge in [-0.3, -0.25) is 4.68 Å². The Kier molecular flexibility index (Phi) is 2.48. The average molecular weight is 216 g/mol. The van der Waals surface area contributed by atoms with Crippen molar-refractivity contribution in [3.63, 3.8) is 0 Å². The third kappa shape index (κ3) is 1.82. The number of benzene rings is 1. The smallest absolute Gasteiger partial charge is 0.339 e. The number of rotatable bonds is 2. The summed E-state index contributed by atoms with van der Waals surface area (Å²) in [5.74, 6) is -0.955. The lowest BCUT2D eigenvalue weighted by molar-refractivity contribution is 0.0697. The Morgan fingerprint density at radius 1 is 1.31 bits per heavy atom. The fourth-order valence-corrected chi connectivity index (χ4v) is 1.57. The zero-order valence-corrected chi connectivity index (χ0v) is 9.14. The number of nitrogens with zero attached hydrogens (tertiary/aromatic N) is 2. The Labute approximate surface area is 93.1 Å². The van der Waals surface area contributed by atoms with E-state index in [9.17, 15) is 4.79 Å². The van der Waals surface area contributed by atoms with Gasteiger partial charge in [0.05, 0.1) is 0 Å². The molecule has 1 heterocycles. The summed E-state index contributed by atoms with van der Waals surface area (Å²) in [5.41, 5.74) is 2.70. The van der Waals surface area contributed by atoms with Crippen LogP contribution in [-0.4, -0.2) is 20.9 Å². The fourth-order valence-electron chi connectivity index (χ4n) is 1.57. The van der Waals surface area contributed by atoms with Crippen LogP contribution in [0.2, 0.25) is 0 Å². The Hall–Kier alpha value is -2.10. The summed E-state index contributed by atoms with van der Waals surface area (Å²) < 4.78 is 1.51. The van der Waals surface area contributed by atoms with Crippen molar-refractivity contribution in [2.45, 2.75) is 6.92 Å². The summed E-state index contributed by atoms with van der Waals surface area (Å²) in [6.07, 6.45) is 1.51. The van der Waals surface area contributed by atoms with Gasteiger partial charge in [-0.05, 0) is 6.92 Å². The molecule has 2 aromatic rings. The number of aromatic carboxylic acids is 1. The van der Waals surface area contributed by atoms with Gasteiger partial charge in [0.25, 0.3) is 0 Å². The first-order chi connectivity index (χ1) is 7.58. The minimum Gasteiger partial charge on any atom is -0.478 e. The van der Waals surface area contributed by atoms with Crippen LogP contribution in [0, 0.1) is 6.92 Å². The molecule has 2 rings (SSSR count). The maximum atomic E-state index is 11.0. The van der Waals surface area contributed by atoms with Gasteiger partial charge in [0.15, 0.2) is 0 Å². The highest BCUT2D eigenvalue weighted by atomic mass is 16.4. The molecule has 0 unspecified atom stereocenters. The minimum atomic E-state index is -0.955. The average Bonchev–Trinajstić information content (AvgIpc) is 2.61. The number of carboxylic acid groups (broad SMARTS) is 1. The van der Waals surface area contributed by atoms with Crippen molar-refractivity contribution in [2.24, 2.45) is 7.05 Å². The van der Waals surface area contributed by atoms with E-state index in [1.165, 1.54) is 10.9 Å². The molecule has 0 spiro atoms. The van der Waals surface area contributed by atoms with Crippen molar-refractivity contribution < 1.29 is 9.90 Å². The second-order valence-corrected chi connectivity index (χ2v) is 3.74. The van der Waals surface area contributed by atoms with Crippen LogP contribution in [-0.2, 0) is 7.05 Å². The fraction of sp³-hybridized carbons (Fsp3) is 0.167. The van der Waals surface area contributed by atoms with E-state index >= 15 is 0 Å². The predicted molar refractivity (Wildman–Crippen MR) is 60.3 cm³/mol. The van der Waals surface area contributed by atoms with Gasteiger partial charge in [-0.15, -0.1) is 0 Å². The van der Waals surface area contributed by atoms with Crippen LogP contribution in [0.15, 0.2) is 30.5 Å². The van der Waals surface area contributed by atoms with E-state index in [1.807, 2.05) is 31.2 Å². The van der Waals surface area contributed by atoms with Gasteiger partial charge in [-0.25, -0.2) is 4.79 Å². The van der Waals surface area contributed by atoms with Gasteiger partial charge in [0.2, 0.25) is 0 Å². The maximum absolute atomic E-state index is 11.0. The third-order valence-corrected chi connectivity index (χ3v) is 2.38. The number of hydrogen-bond donors (Lipinski definition) is 1. The first-order valence-corrected chi connectivity index (χ1v) is 4.92. The van der Waals surface area contributed by atoms with Gasteiger partial charge in [0.1, 0.15) is 11.3 Å². The first kappa shape index (κ1) is 10.4. The van der Waals surface area contributed by atoms with Crippen LogP contribution in [0.3, 0.4) is 0 Å². The predicted octanol–water partition coefficient (Wildman–Crippen LogP) is 2.09. The molecule has 0 atom stereocenters. The van der Waals surface area contributed by atoms with Crippen molar-refractivity contribution in [3.05, 3.63) is 41.6 Å². The monoisotopic (exact) mass is 216 g/mol. The number of carbonyl (C=O) groups is 1. The molecule has 1 aromatic carbocycles. The molecule has 0 radical (unpaired) electrons. The molecule has 16 heavy (non-hydrogen) atoms. The molecule has 0 saturated heterocycles. The molecule has 1 aromatic heterocycles. The van der Waals surface area contributed by atoms with Gasteiger partial charge in [0, 0.05) is 18.8 Å². The molecule has 0 aliphatic rings. The van der Waals surface area contributed by atoms with Crippen molar-refractivity contribution >= 4 is 5.97 Å². The number of aryl methyl sites for hydroxylation is 2. The molecule has 4 nitrogen and oxygen atoms in total. The summed E-state index contributed by atoms with van der Waals surface area (Å²) in [6, 6.07) is 7.64. The number of aromatic nitrogens is 2. The zero-order chi connectivity index (χ0) is 11.7. The topological polar surface area (TPSA) is 55.1 Å². The first-order valence-electron chi connectivity index (χ1n) is 4.92. The van der Waals surface area contributed by atoms with Crippen molar-refractivity contribution in [2.75, 3.05) is 0 Å². The molecule has 82 valence electrons. The van der Waals surface area contributed by atoms with Crippen LogP contribution in [0.1, 0.15) is 15.9 Å². The summed E-state index contributed by atoms with van der Waals surface area (Å²) in [4.78, 5) is 11.0. The molecule has 0 aliphatic heterocycles. The van der Waals surface area contributed by atoms with Gasteiger partial charge >= 0.3 is 5.97 Å². The molecule has 0 fully saturated rings. The maximum Gasteiger partial charge on any atom is 0.339 e. The van der Waals surface area contributed by atoms with Crippen LogP contribution < -0.4 is 0 Å². The lowest BCUT2D eigenvalue weighted by Crippen LogP contribution is -1.96. The molecular formula is C12H12N2O2. The Bertz CT molecular complexity index is 526. The Morgan fingerprint density at radius 2 is 1.94 bits per heavy atom. The quantitative estimate of drug-likeness (QED) is 0.836. The van der Waals surface area contributed by atoms with Crippen molar-refractivity contribution in [1.82, 2.24) is 9.78 Å². The van der Waals surface area contributed by atoms with Crippen LogP contribution in [0.5, 0.6) is 0 Å². The molecular weight excluding hydrogens is 204 g/mol. The SMILES string of the molecule is Cc1ccc(-c2nn(C)cc2C(=O)O)cc1. The van der Waals surface area contributed by atoms with E-state index in [1.54, 1.807) is 7.05 Å². The zero-order valence-electron chi connectivity index (χ0n) is 9.14. The molecule has 4 heteroatoms. The van der Waals surface area contributed by atoms with E-state index in [-0.39, 0.29) is 5.56 Å². The minimum absolute atomic E-state index is 0.228. The van der Waals surface area contributed by atoms with Gasteiger partial charge in [-0.1, -0.05) is 29.8 Å². The normalized spacial score (nSPS) is 10.4. The summed E-state index contributed by atoms with van der Waals surface area (Å²) in [7, 11) is 1.71. The van der Waals surface area contributed by atoms with E-state index in [0.717, 1.165) is 11.1 Å². The van der Waals surface area contributed by atoms with Crippen LogP contribution in [0.4, 0.5) is 0 Å². The summed E-state index contributed by atoms with van der Waals surface area (Å²) in [6.45, 7) is 1.99. The summed E-state index contributed by atoms with van der Waals surface area (Å²) >= 11 is 0. The highest BCUT2D eigenvalue weighted by Gasteiger charge is 2.15. The molecule has 0 aliphatic carbocycles. The lowest BCUT2D eigenvalue weighted by atomic mass is 10.1. The van der Waals surface area contributed by atoms with Gasteiger partial charge in [-0.2, -0.15) is 5.10 Å². The van der Waals surface area contributed by atoms with Crippen molar-refractivity contribution in [1.29, 1.82) is 0 Å². The molecule has 0 saturated carbocycles. The van der Waals surface area contributed by atoms with E-state index in [2.05, 4.69) is 5.10 Å². The van der Waals surface area contributed by atoms with E-state index in [4.69, 9.17) is 5.11 Å². The largest absolute Gasteiger partial charge is 0.478 e. The van der Waals surface area contributed by atoms with Gasteiger partial charge < -0.3 is 5.11 Å². The standard InChI is InChI=1S/C12H12N2O2/c1-8-3-5-9(6-4-8)11-10(12(15)16)7-14(2)13-11/h3-7H,1-2H3,(H,15,16). The molecule has 1 N–H and O–H groups in total. The number of carboxylic acids is 1. The van der Waals surface area contributed by atoms with E-state index < -0.39 is 5.97 Å². The van der Waals surface area contributed by atoms with Crippen molar-refractivity contribution in [3.8, 4) is 11.3 Å². The van der Waals surface area contributed by atoms with E-state index in [0.29, 0.717) is 5.69 Å². The molecule has 0 amide bonds. The van der Waals surface area contributed by atoms with Crippen LogP contribution >= 0.6 is 0 Å². The van der Waals surface area contributed by atoms with Crippen LogP contribution in [0.25, 0.3) is 11.3 Å². The number of hydrogen-bond acceptors (Lipinski definition) is 2. The highest BCUT2D eigenvalue weighted by Crippen LogP contribution is 2.22. The third-order valence-electron chi connectivity index (χ3n) is 2.38. The Balaban J connectivity index is 2.55. The molecule has 0 bridgehead atoms. The lowest BCUT2D eigenvalue weighted by Gasteiger charge is -1.99. The highest BCUT2D eigenvalue weighted by molar-refractivity contribution is 5.94. The summed E-state index contributed by atoms with van der Waals surface area (Å²) in [5, 5.41) is 13.2.